The minimum atomic E-state index is -0.488. The lowest BCUT2D eigenvalue weighted by atomic mass is 10.1. The average molecular weight is 298 g/mol. The molecule has 0 aromatic carbocycles. The van der Waals surface area contributed by atoms with Crippen LogP contribution in [0.4, 0.5) is 0 Å². The van der Waals surface area contributed by atoms with E-state index >= 15 is 0 Å². The molecule has 2 heterocycles. The Morgan fingerprint density at radius 3 is 2.70 bits per heavy atom. The maximum atomic E-state index is 11.7. The van der Waals surface area contributed by atoms with Gasteiger partial charge in [0.2, 0.25) is 0 Å². The summed E-state index contributed by atoms with van der Waals surface area (Å²) in [5, 5.41) is 8.47. The third-order valence-electron chi connectivity index (χ3n) is 3.02. The van der Waals surface area contributed by atoms with Gasteiger partial charge in [-0.3, -0.25) is 0 Å². The van der Waals surface area contributed by atoms with E-state index < -0.39 is 5.97 Å². The Balaban J connectivity index is 2.40. The molecule has 0 fully saturated rings. The summed E-state index contributed by atoms with van der Waals surface area (Å²) in [4.78, 5) is 15.9. The molecule has 0 saturated carbocycles. The molecule has 0 amide bonds. The van der Waals surface area contributed by atoms with Crippen LogP contribution in [-0.4, -0.2) is 37.6 Å². The lowest BCUT2D eigenvalue weighted by molar-refractivity contribution is 0.0592. The summed E-state index contributed by atoms with van der Waals surface area (Å²) in [6, 6.07) is 0. The summed E-state index contributed by atoms with van der Waals surface area (Å²) in [5.41, 5.74) is 0.957. The van der Waals surface area contributed by atoms with Gasteiger partial charge in [0.05, 0.1) is 19.0 Å². The van der Waals surface area contributed by atoms with Gasteiger partial charge in [0, 0.05) is 7.05 Å². The van der Waals surface area contributed by atoms with E-state index in [1.165, 1.54) is 7.11 Å². The van der Waals surface area contributed by atoms with Crippen molar-refractivity contribution in [3.8, 4) is 0 Å². The molecule has 20 heavy (non-hydrogen) atoms. The fraction of sp³-hybridized carbons (Fsp3) is 0.500. The quantitative estimate of drug-likeness (QED) is 0.802. The number of imidazole rings is 1. The molecule has 0 atom stereocenters. The highest BCUT2D eigenvalue weighted by Gasteiger charge is 2.23. The monoisotopic (exact) mass is 297 g/mol. The molecule has 0 aliphatic carbocycles. The van der Waals surface area contributed by atoms with Crippen LogP contribution in [0.5, 0.6) is 0 Å². The lowest BCUT2D eigenvalue weighted by Gasteiger charge is -2.10. The first-order chi connectivity index (χ1) is 9.45. The maximum absolute atomic E-state index is 11.7. The zero-order valence-electron chi connectivity index (χ0n) is 11.8. The Morgan fingerprint density at radius 2 is 2.20 bits per heavy atom. The molecule has 8 heteroatoms. The highest BCUT2D eigenvalue weighted by atomic mass is 35.5. The van der Waals surface area contributed by atoms with Crippen LogP contribution in [0.1, 0.15) is 41.8 Å². The molecular formula is C12H16ClN5O2. The predicted molar refractivity (Wildman–Crippen MR) is 72.8 cm³/mol. The minimum absolute atomic E-state index is 0.0786. The molecule has 7 nitrogen and oxygen atoms in total. The van der Waals surface area contributed by atoms with Gasteiger partial charge in [-0.05, 0) is 5.92 Å². The Labute approximate surface area is 121 Å². The predicted octanol–water partition coefficient (Wildman–Crippen LogP) is 1.62. The van der Waals surface area contributed by atoms with Crippen LogP contribution >= 0.6 is 11.6 Å². The van der Waals surface area contributed by atoms with E-state index in [1.54, 1.807) is 15.4 Å². The Hall–Kier alpha value is -1.89. The molecule has 0 aliphatic rings. The van der Waals surface area contributed by atoms with Gasteiger partial charge in [0.1, 0.15) is 17.5 Å². The van der Waals surface area contributed by atoms with Gasteiger partial charge in [-0.1, -0.05) is 30.7 Å². The molecule has 0 N–H and O–H groups in total. The number of nitrogens with zero attached hydrogens (tertiary/aromatic N) is 5. The number of methoxy groups -OCH3 is 1. The summed E-state index contributed by atoms with van der Waals surface area (Å²) in [7, 11) is 3.14. The van der Waals surface area contributed by atoms with Gasteiger partial charge >= 0.3 is 5.97 Å². The second kappa shape index (κ2) is 5.62. The van der Waals surface area contributed by atoms with E-state index in [-0.39, 0.29) is 11.6 Å². The van der Waals surface area contributed by atoms with Gasteiger partial charge in [-0.25, -0.2) is 14.5 Å². The van der Waals surface area contributed by atoms with Crippen LogP contribution in [0.2, 0.25) is 5.15 Å². The van der Waals surface area contributed by atoms with Gasteiger partial charge < -0.3 is 9.30 Å². The topological polar surface area (TPSA) is 74.8 Å². The van der Waals surface area contributed by atoms with E-state index in [9.17, 15) is 4.79 Å². The first-order valence-corrected chi connectivity index (χ1v) is 6.51. The van der Waals surface area contributed by atoms with Crippen LogP contribution in [-0.2, 0) is 18.3 Å². The molecule has 0 saturated heterocycles. The normalized spacial score (nSPS) is 11.1. The van der Waals surface area contributed by atoms with Crippen LogP contribution in [0.15, 0.2) is 6.20 Å². The van der Waals surface area contributed by atoms with Crippen molar-refractivity contribution in [3.05, 3.63) is 28.6 Å². The zero-order valence-corrected chi connectivity index (χ0v) is 12.5. The van der Waals surface area contributed by atoms with Crippen molar-refractivity contribution in [1.29, 1.82) is 0 Å². The number of hydrogen-bond donors (Lipinski definition) is 0. The number of carbonyl (C=O) groups excluding carboxylic acids is 1. The largest absolute Gasteiger partial charge is 0.464 e. The molecule has 2 aromatic heterocycles. The third kappa shape index (κ3) is 2.53. The van der Waals surface area contributed by atoms with Crippen molar-refractivity contribution < 1.29 is 9.53 Å². The van der Waals surface area contributed by atoms with Crippen LogP contribution in [0.25, 0.3) is 0 Å². The lowest BCUT2D eigenvalue weighted by Crippen LogP contribution is -2.14. The highest BCUT2D eigenvalue weighted by molar-refractivity contribution is 6.29. The van der Waals surface area contributed by atoms with Crippen LogP contribution in [0.3, 0.4) is 0 Å². The number of esters is 1. The fourth-order valence-corrected chi connectivity index (χ4v) is 2.10. The smallest absolute Gasteiger partial charge is 0.360 e. The van der Waals surface area contributed by atoms with Crippen molar-refractivity contribution in [3.63, 3.8) is 0 Å². The molecule has 2 rings (SSSR count). The second-order valence-corrected chi connectivity index (χ2v) is 5.07. The standard InChI is InChI=1S/C12H16ClN5O2/c1-7(2)11-10(12(19)20-4)15-16-18(11)6-9-14-5-8(13)17(9)3/h5,7H,6H2,1-4H3. The number of aromatic nitrogens is 5. The molecular weight excluding hydrogens is 282 g/mol. The number of carbonyl (C=O) groups is 1. The number of halogens is 1. The van der Waals surface area contributed by atoms with Crippen molar-refractivity contribution >= 4 is 17.6 Å². The number of hydrogen-bond acceptors (Lipinski definition) is 5. The average Bonchev–Trinajstić information content (AvgIpc) is 2.97. The van der Waals surface area contributed by atoms with Gasteiger partial charge in [-0.2, -0.15) is 0 Å². The summed E-state index contributed by atoms with van der Waals surface area (Å²) >= 11 is 5.96. The summed E-state index contributed by atoms with van der Waals surface area (Å²) < 4.78 is 8.13. The van der Waals surface area contributed by atoms with Gasteiger partial charge in [0.15, 0.2) is 5.69 Å². The van der Waals surface area contributed by atoms with Crippen molar-refractivity contribution in [2.45, 2.75) is 26.3 Å². The molecule has 108 valence electrons. The first kappa shape index (κ1) is 14.5. The summed E-state index contributed by atoms with van der Waals surface area (Å²) in [6.45, 7) is 4.32. The van der Waals surface area contributed by atoms with Crippen molar-refractivity contribution in [1.82, 2.24) is 24.5 Å². The molecule has 0 unspecified atom stereocenters. The van der Waals surface area contributed by atoms with Crippen molar-refractivity contribution in [2.75, 3.05) is 7.11 Å². The van der Waals surface area contributed by atoms with Crippen LogP contribution < -0.4 is 0 Å². The van der Waals surface area contributed by atoms with E-state index in [1.807, 2.05) is 20.9 Å². The number of rotatable bonds is 4. The SMILES string of the molecule is COC(=O)c1nnn(Cc2ncc(Cl)n2C)c1C(C)C. The summed E-state index contributed by atoms with van der Waals surface area (Å²) in [6.07, 6.45) is 1.57. The van der Waals surface area contributed by atoms with E-state index in [2.05, 4.69) is 15.3 Å². The second-order valence-electron chi connectivity index (χ2n) is 4.68. The van der Waals surface area contributed by atoms with E-state index in [0.29, 0.717) is 11.7 Å². The molecule has 2 aromatic rings. The maximum Gasteiger partial charge on any atom is 0.360 e. The Kier molecular flexibility index (Phi) is 4.08. The van der Waals surface area contributed by atoms with Gasteiger partial charge in [0.25, 0.3) is 0 Å². The third-order valence-corrected chi connectivity index (χ3v) is 3.37. The molecule has 0 aliphatic heterocycles. The molecule has 0 bridgehead atoms. The molecule has 0 radical (unpaired) electrons. The number of ether oxygens (including phenoxy) is 1. The van der Waals surface area contributed by atoms with Gasteiger partial charge in [-0.15, -0.1) is 5.10 Å². The molecule has 0 spiro atoms. The summed E-state index contributed by atoms with van der Waals surface area (Å²) in [5.74, 6) is 0.325. The van der Waals surface area contributed by atoms with E-state index in [4.69, 9.17) is 16.3 Å². The van der Waals surface area contributed by atoms with Crippen molar-refractivity contribution in [2.24, 2.45) is 7.05 Å². The zero-order chi connectivity index (χ0) is 14.9. The first-order valence-electron chi connectivity index (χ1n) is 6.13. The van der Waals surface area contributed by atoms with E-state index in [0.717, 1.165) is 11.5 Å². The Morgan fingerprint density at radius 1 is 1.50 bits per heavy atom. The fourth-order valence-electron chi connectivity index (χ4n) is 1.96. The minimum Gasteiger partial charge on any atom is -0.464 e. The Bertz CT molecular complexity index is 632. The van der Waals surface area contributed by atoms with Crippen LogP contribution in [0, 0.1) is 0 Å². The highest BCUT2D eigenvalue weighted by Crippen LogP contribution is 2.20.